The van der Waals surface area contributed by atoms with Crippen LogP contribution in [0.25, 0.3) is 0 Å². The summed E-state index contributed by atoms with van der Waals surface area (Å²) in [4.78, 5) is 35.7. The Morgan fingerprint density at radius 1 is 1.21 bits per heavy atom. The van der Waals surface area contributed by atoms with Crippen LogP contribution in [0, 0.1) is 0 Å². The third-order valence-corrected chi connectivity index (χ3v) is 4.42. The van der Waals surface area contributed by atoms with E-state index in [1.807, 2.05) is 0 Å². The van der Waals surface area contributed by atoms with Gasteiger partial charge in [-0.25, -0.2) is 9.97 Å². The van der Waals surface area contributed by atoms with E-state index in [4.69, 9.17) is 4.74 Å². The lowest BCUT2D eigenvalue weighted by Crippen LogP contribution is -2.50. The summed E-state index contributed by atoms with van der Waals surface area (Å²) in [6.07, 6.45) is 5.45. The van der Waals surface area contributed by atoms with Crippen LogP contribution in [0.15, 0.2) is 12.4 Å². The molecule has 3 heterocycles. The Balaban J connectivity index is 1.51. The maximum atomic E-state index is 12.5. The Bertz CT molecular complexity index is 578. The number of ether oxygens (including phenoxy) is 1. The van der Waals surface area contributed by atoms with Gasteiger partial charge in [-0.15, -0.1) is 0 Å². The minimum atomic E-state index is -0.0936. The smallest absolute Gasteiger partial charge is 0.257 e. The second-order valence-electron chi connectivity index (χ2n) is 6.11. The lowest BCUT2D eigenvalue weighted by Gasteiger charge is -2.34. The van der Waals surface area contributed by atoms with Crippen molar-refractivity contribution in [3.05, 3.63) is 18.0 Å². The molecule has 2 fully saturated rings. The normalized spacial score (nSPS) is 21.0. The molecule has 2 aliphatic heterocycles. The maximum Gasteiger partial charge on any atom is 0.257 e. The third-order valence-electron chi connectivity index (χ3n) is 4.42. The summed E-state index contributed by atoms with van der Waals surface area (Å²) in [5.41, 5.74) is 0.467. The molecule has 2 saturated heterocycles. The molecule has 8 nitrogen and oxygen atoms in total. The van der Waals surface area contributed by atoms with E-state index in [0.29, 0.717) is 44.2 Å². The summed E-state index contributed by atoms with van der Waals surface area (Å²) in [7, 11) is 0. The lowest BCUT2D eigenvalue weighted by atomic mass is 10.2. The van der Waals surface area contributed by atoms with Gasteiger partial charge in [-0.05, 0) is 12.8 Å². The highest BCUT2D eigenvalue weighted by Gasteiger charge is 2.23. The number of carbonyl (C=O) groups is 2. The van der Waals surface area contributed by atoms with E-state index in [0.717, 1.165) is 19.4 Å². The maximum absolute atomic E-state index is 12.5. The SMILES string of the molecule is CC(=O)N1CCN(C(=O)c2cnc(NCC3CCCO3)nc2)CC1. The van der Waals surface area contributed by atoms with Crippen LogP contribution in [0.3, 0.4) is 0 Å². The number of rotatable bonds is 4. The predicted molar refractivity (Wildman–Crippen MR) is 87.7 cm³/mol. The van der Waals surface area contributed by atoms with Gasteiger partial charge >= 0.3 is 0 Å². The first-order valence-corrected chi connectivity index (χ1v) is 8.36. The van der Waals surface area contributed by atoms with Gasteiger partial charge in [-0.2, -0.15) is 0 Å². The summed E-state index contributed by atoms with van der Waals surface area (Å²) in [5, 5.41) is 3.13. The van der Waals surface area contributed by atoms with Gasteiger partial charge in [0.1, 0.15) is 0 Å². The van der Waals surface area contributed by atoms with Gasteiger partial charge in [-0.3, -0.25) is 9.59 Å². The zero-order chi connectivity index (χ0) is 16.9. The first kappa shape index (κ1) is 16.6. The van der Waals surface area contributed by atoms with Crippen LogP contribution >= 0.6 is 0 Å². The van der Waals surface area contributed by atoms with Crippen molar-refractivity contribution in [1.29, 1.82) is 0 Å². The summed E-state index contributed by atoms with van der Waals surface area (Å²) >= 11 is 0. The number of anilines is 1. The highest BCUT2D eigenvalue weighted by Crippen LogP contribution is 2.13. The Hall–Kier alpha value is -2.22. The van der Waals surface area contributed by atoms with Crippen LogP contribution < -0.4 is 5.32 Å². The fourth-order valence-corrected chi connectivity index (χ4v) is 2.95. The molecule has 0 aliphatic carbocycles. The van der Waals surface area contributed by atoms with Crippen molar-refractivity contribution in [1.82, 2.24) is 19.8 Å². The molecule has 0 spiro atoms. The largest absolute Gasteiger partial charge is 0.376 e. The van der Waals surface area contributed by atoms with Gasteiger partial charge in [0.15, 0.2) is 0 Å². The quantitative estimate of drug-likeness (QED) is 0.857. The van der Waals surface area contributed by atoms with Crippen molar-refractivity contribution in [3.8, 4) is 0 Å². The molecule has 8 heteroatoms. The summed E-state index contributed by atoms with van der Waals surface area (Å²) < 4.78 is 5.53. The van der Waals surface area contributed by atoms with Crippen LogP contribution in [0.1, 0.15) is 30.1 Å². The number of piperazine rings is 1. The van der Waals surface area contributed by atoms with Gasteiger partial charge in [-0.1, -0.05) is 0 Å². The van der Waals surface area contributed by atoms with Crippen molar-refractivity contribution < 1.29 is 14.3 Å². The second-order valence-corrected chi connectivity index (χ2v) is 6.11. The third kappa shape index (κ3) is 4.00. The molecule has 1 unspecified atom stereocenters. The molecule has 130 valence electrons. The van der Waals surface area contributed by atoms with Gasteiger partial charge in [0.2, 0.25) is 11.9 Å². The summed E-state index contributed by atoms with van der Waals surface area (Å²) in [5.74, 6) is 0.458. The minimum Gasteiger partial charge on any atom is -0.376 e. The minimum absolute atomic E-state index is 0.0482. The number of hydrogen-bond acceptors (Lipinski definition) is 6. The van der Waals surface area contributed by atoms with Crippen molar-refractivity contribution >= 4 is 17.8 Å². The van der Waals surface area contributed by atoms with Gasteiger partial charge < -0.3 is 19.9 Å². The molecule has 1 aromatic heterocycles. The fourth-order valence-electron chi connectivity index (χ4n) is 2.95. The lowest BCUT2D eigenvalue weighted by molar-refractivity contribution is -0.130. The molecule has 24 heavy (non-hydrogen) atoms. The highest BCUT2D eigenvalue weighted by atomic mass is 16.5. The van der Waals surface area contributed by atoms with Crippen LogP contribution in [-0.2, 0) is 9.53 Å². The van der Waals surface area contributed by atoms with Crippen LogP contribution in [0.4, 0.5) is 5.95 Å². The zero-order valence-corrected chi connectivity index (χ0v) is 13.9. The average Bonchev–Trinajstić information content (AvgIpc) is 3.13. The molecular formula is C16H23N5O3. The van der Waals surface area contributed by atoms with Gasteiger partial charge in [0.25, 0.3) is 5.91 Å². The Morgan fingerprint density at radius 3 is 2.46 bits per heavy atom. The van der Waals surface area contributed by atoms with E-state index in [1.54, 1.807) is 29.1 Å². The zero-order valence-electron chi connectivity index (χ0n) is 13.9. The molecule has 0 bridgehead atoms. The predicted octanol–water partition coefficient (Wildman–Crippen LogP) is 0.372. The Labute approximate surface area is 141 Å². The van der Waals surface area contributed by atoms with Gasteiger partial charge in [0, 0.05) is 58.6 Å². The number of amides is 2. The fraction of sp³-hybridized carbons (Fsp3) is 0.625. The molecule has 2 amide bonds. The molecule has 0 radical (unpaired) electrons. The molecule has 0 saturated carbocycles. The van der Waals surface area contributed by atoms with Gasteiger partial charge in [0.05, 0.1) is 11.7 Å². The van der Waals surface area contributed by atoms with E-state index >= 15 is 0 Å². The van der Waals surface area contributed by atoms with E-state index in [2.05, 4.69) is 15.3 Å². The van der Waals surface area contributed by atoms with Crippen molar-refractivity contribution in [2.24, 2.45) is 0 Å². The Kier molecular flexibility index (Phi) is 5.24. The first-order valence-electron chi connectivity index (χ1n) is 8.36. The van der Waals surface area contributed by atoms with E-state index in [9.17, 15) is 9.59 Å². The number of carbonyl (C=O) groups excluding carboxylic acids is 2. The van der Waals surface area contributed by atoms with Crippen LogP contribution in [0.5, 0.6) is 0 Å². The van der Waals surface area contributed by atoms with Crippen molar-refractivity contribution in [2.45, 2.75) is 25.9 Å². The van der Waals surface area contributed by atoms with Crippen molar-refractivity contribution in [2.75, 3.05) is 44.6 Å². The molecule has 1 atom stereocenters. The average molecular weight is 333 g/mol. The topological polar surface area (TPSA) is 87.7 Å². The molecule has 1 N–H and O–H groups in total. The molecular weight excluding hydrogens is 310 g/mol. The van der Waals surface area contributed by atoms with Crippen LogP contribution in [-0.4, -0.2) is 77.0 Å². The standard InChI is InChI=1S/C16H23N5O3/c1-12(22)20-4-6-21(7-5-20)15(23)13-9-17-16(18-10-13)19-11-14-3-2-8-24-14/h9-10,14H,2-8,11H2,1H3,(H,17,18,19). The number of nitrogens with one attached hydrogen (secondary N) is 1. The monoisotopic (exact) mass is 333 g/mol. The van der Waals surface area contributed by atoms with Crippen molar-refractivity contribution in [3.63, 3.8) is 0 Å². The summed E-state index contributed by atoms with van der Waals surface area (Å²) in [6, 6.07) is 0. The number of nitrogens with zero attached hydrogens (tertiary/aromatic N) is 4. The molecule has 2 aliphatic rings. The molecule has 0 aromatic carbocycles. The number of aromatic nitrogens is 2. The van der Waals surface area contributed by atoms with E-state index in [-0.39, 0.29) is 17.9 Å². The first-order chi connectivity index (χ1) is 11.6. The highest BCUT2D eigenvalue weighted by molar-refractivity contribution is 5.93. The second kappa shape index (κ2) is 7.57. The number of hydrogen-bond donors (Lipinski definition) is 1. The van der Waals surface area contributed by atoms with E-state index < -0.39 is 0 Å². The van der Waals surface area contributed by atoms with E-state index in [1.165, 1.54) is 0 Å². The molecule has 3 rings (SSSR count). The Morgan fingerprint density at radius 2 is 1.88 bits per heavy atom. The summed E-state index contributed by atoms with van der Waals surface area (Å²) in [6.45, 7) is 5.27. The molecule has 1 aromatic rings. The van der Waals surface area contributed by atoms with Crippen LogP contribution in [0.2, 0.25) is 0 Å².